The molecule has 1 saturated heterocycles. The summed E-state index contributed by atoms with van der Waals surface area (Å²) >= 11 is 0. The van der Waals surface area contributed by atoms with Crippen LogP contribution in [0.2, 0.25) is 0 Å². The quantitative estimate of drug-likeness (QED) is 0.347. The molecule has 0 bridgehead atoms. The maximum Gasteiger partial charge on any atom is 0.0794 e. The van der Waals surface area contributed by atoms with E-state index in [9.17, 15) is 0 Å². The molecular formula is C9H16N+. The lowest BCUT2D eigenvalue weighted by Crippen LogP contribution is -2.45. The first-order valence-corrected chi connectivity index (χ1v) is 3.92. The van der Waals surface area contributed by atoms with Crippen LogP contribution in [0, 0.1) is 18.3 Å². The summed E-state index contributed by atoms with van der Waals surface area (Å²) in [5.41, 5.74) is 0. The molecule has 0 radical (unpaired) electrons. The van der Waals surface area contributed by atoms with Crippen LogP contribution in [0.1, 0.15) is 12.8 Å². The normalized spacial score (nSPS) is 25.7. The van der Waals surface area contributed by atoms with Gasteiger partial charge in [-0.3, -0.25) is 0 Å². The fraction of sp³-hybridized carbons (Fsp3) is 0.778. The van der Waals surface area contributed by atoms with Crippen molar-refractivity contribution in [1.29, 1.82) is 0 Å². The molecule has 0 unspecified atom stereocenters. The number of hydrogen-bond acceptors (Lipinski definition) is 0. The Hall–Kier alpha value is -0.480. The molecule has 1 aliphatic rings. The summed E-state index contributed by atoms with van der Waals surface area (Å²) in [5, 5.41) is 0. The fourth-order valence-corrected chi connectivity index (χ4v) is 1.43. The van der Waals surface area contributed by atoms with Crippen LogP contribution in [-0.4, -0.2) is 31.7 Å². The van der Waals surface area contributed by atoms with E-state index in [0.717, 1.165) is 4.48 Å². The van der Waals surface area contributed by atoms with Crippen molar-refractivity contribution in [3.05, 3.63) is 0 Å². The highest BCUT2D eigenvalue weighted by Gasteiger charge is 2.24. The van der Waals surface area contributed by atoms with Gasteiger partial charge in [-0.2, -0.15) is 0 Å². The first-order valence-electron chi connectivity index (χ1n) is 3.92. The van der Waals surface area contributed by atoms with Crippen molar-refractivity contribution in [2.45, 2.75) is 12.8 Å². The molecule has 1 heteroatoms. The van der Waals surface area contributed by atoms with Gasteiger partial charge in [-0.15, -0.1) is 12.3 Å². The average Bonchev–Trinajstić information content (AvgIpc) is 1.88. The Morgan fingerprint density at radius 2 is 1.80 bits per heavy atom. The van der Waals surface area contributed by atoms with Crippen LogP contribution in [0.25, 0.3) is 0 Å². The molecule has 1 rings (SSSR count). The number of piperidine rings is 1. The molecule has 0 atom stereocenters. The molecule has 0 aliphatic carbocycles. The Kier molecular flexibility index (Phi) is 2.01. The predicted molar refractivity (Wildman–Crippen MR) is 43.4 cm³/mol. The summed E-state index contributed by atoms with van der Waals surface area (Å²) in [7, 11) is 4.54. The molecule has 0 aromatic rings. The zero-order valence-corrected chi connectivity index (χ0v) is 6.93. The molecule has 0 aromatic carbocycles. The topological polar surface area (TPSA) is 0 Å². The van der Waals surface area contributed by atoms with Crippen molar-refractivity contribution in [2.75, 3.05) is 27.2 Å². The summed E-state index contributed by atoms with van der Waals surface area (Å²) in [6.45, 7) is 2.49. The lowest BCUT2D eigenvalue weighted by Gasteiger charge is -2.35. The van der Waals surface area contributed by atoms with Crippen molar-refractivity contribution in [1.82, 2.24) is 0 Å². The van der Waals surface area contributed by atoms with E-state index in [1.54, 1.807) is 0 Å². The third kappa shape index (κ3) is 1.75. The number of likely N-dealkylation sites (tertiary alicyclic amines) is 1. The number of terminal acetylenes is 1. The minimum absolute atomic E-state index is 0.561. The summed E-state index contributed by atoms with van der Waals surface area (Å²) in [4.78, 5) is 0. The van der Waals surface area contributed by atoms with Gasteiger partial charge in [0, 0.05) is 18.8 Å². The van der Waals surface area contributed by atoms with E-state index in [2.05, 4.69) is 20.0 Å². The largest absolute Gasteiger partial charge is 0.328 e. The Bertz CT molecular complexity index is 143. The van der Waals surface area contributed by atoms with Gasteiger partial charge in [0.1, 0.15) is 0 Å². The maximum atomic E-state index is 5.33. The van der Waals surface area contributed by atoms with Crippen molar-refractivity contribution < 1.29 is 4.48 Å². The molecule has 1 nitrogen and oxygen atoms in total. The predicted octanol–water partition coefficient (Wildman–Crippen LogP) is 1.11. The Morgan fingerprint density at radius 1 is 1.30 bits per heavy atom. The van der Waals surface area contributed by atoms with Gasteiger partial charge in [-0.25, -0.2) is 0 Å². The number of rotatable bonds is 0. The molecule has 0 N–H and O–H groups in total. The fourth-order valence-electron chi connectivity index (χ4n) is 1.43. The van der Waals surface area contributed by atoms with Gasteiger partial charge >= 0.3 is 0 Å². The zero-order chi connectivity index (χ0) is 7.61. The number of hydrogen-bond donors (Lipinski definition) is 0. The molecule has 1 aliphatic heterocycles. The van der Waals surface area contributed by atoms with E-state index in [1.807, 2.05) is 0 Å². The van der Waals surface area contributed by atoms with Crippen LogP contribution >= 0.6 is 0 Å². The van der Waals surface area contributed by atoms with Crippen LogP contribution in [0.15, 0.2) is 0 Å². The molecule has 1 heterocycles. The second-order valence-electron chi connectivity index (χ2n) is 3.82. The van der Waals surface area contributed by atoms with E-state index in [4.69, 9.17) is 6.42 Å². The molecule has 0 aromatic heterocycles. The molecular weight excluding hydrogens is 122 g/mol. The van der Waals surface area contributed by atoms with Gasteiger partial charge < -0.3 is 4.48 Å². The van der Waals surface area contributed by atoms with Crippen molar-refractivity contribution in [2.24, 2.45) is 5.92 Å². The maximum absolute atomic E-state index is 5.33. The molecule has 0 spiro atoms. The van der Waals surface area contributed by atoms with Crippen LogP contribution in [0.3, 0.4) is 0 Å². The van der Waals surface area contributed by atoms with Gasteiger partial charge in [0.05, 0.1) is 27.2 Å². The van der Waals surface area contributed by atoms with E-state index >= 15 is 0 Å². The van der Waals surface area contributed by atoms with Crippen molar-refractivity contribution >= 4 is 0 Å². The van der Waals surface area contributed by atoms with Crippen LogP contribution in [0.4, 0.5) is 0 Å². The van der Waals surface area contributed by atoms with Gasteiger partial charge in [-0.1, -0.05) is 0 Å². The van der Waals surface area contributed by atoms with E-state index in [-0.39, 0.29) is 0 Å². The molecule has 1 fully saturated rings. The first-order chi connectivity index (χ1) is 4.64. The third-order valence-electron chi connectivity index (χ3n) is 2.40. The standard InChI is InChI=1S/C9H16N/c1-4-9-5-7-10(2,3)8-6-9/h1,9H,5-8H2,2-3H3/q+1. The highest BCUT2D eigenvalue weighted by Crippen LogP contribution is 2.18. The number of nitrogens with zero attached hydrogens (tertiary/aromatic N) is 1. The molecule has 56 valence electrons. The van der Waals surface area contributed by atoms with E-state index in [0.29, 0.717) is 5.92 Å². The van der Waals surface area contributed by atoms with Gasteiger partial charge in [0.15, 0.2) is 0 Å². The lowest BCUT2D eigenvalue weighted by atomic mass is 9.97. The summed E-state index contributed by atoms with van der Waals surface area (Å²) < 4.78 is 1.15. The van der Waals surface area contributed by atoms with Gasteiger partial charge in [0.2, 0.25) is 0 Å². The molecule has 0 amide bonds. The number of quaternary nitrogens is 1. The summed E-state index contributed by atoms with van der Waals surface area (Å²) in [5.74, 6) is 3.39. The summed E-state index contributed by atoms with van der Waals surface area (Å²) in [6, 6.07) is 0. The third-order valence-corrected chi connectivity index (χ3v) is 2.40. The van der Waals surface area contributed by atoms with Gasteiger partial charge in [-0.05, 0) is 0 Å². The van der Waals surface area contributed by atoms with Gasteiger partial charge in [0.25, 0.3) is 0 Å². The second-order valence-corrected chi connectivity index (χ2v) is 3.82. The first kappa shape index (κ1) is 7.63. The Morgan fingerprint density at radius 3 is 2.20 bits per heavy atom. The summed E-state index contributed by atoms with van der Waals surface area (Å²) in [6.07, 6.45) is 7.76. The minimum atomic E-state index is 0.561. The smallest absolute Gasteiger partial charge is 0.0794 e. The van der Waals surface area contributed by atoms with Crippen LogP contribution < -0.4 is 0 Å². The zero-order valence-electron chi connectivity index (χ0n) is 6.93. The highest BCUT2D eigenvalue weighted by molar-refractivity contribution is 4.93. The van der Waals surface area contributed by atoms with Crippen molar-refractivity contribution in [3.63, 3.8) is 0 Å². The highest BCUT2D eigenvalue weighted by atomic mass is 15.3. The van der Waals surface area contributed by atoms with Crippen LogP contribution in [-0.2, 0) is 0 Å². The molecule has 0 saturated carbocycles. The van der Waals surface area contributed by atoms with Crippen molar-refractivity contribution in [3.8, 4) is 12.3 Å². The van der Waals surface area contributed by atoms with E-state index < -0.39 is 0 Å². The average molecular weight is 138 g/mol. The monoisotopic (exact) mass is 138 g/mol. The Labute approximate surface area is 63.6 Å². The SMILES string of the molecule is C#CC1CC[N+](C)(C)CC1. The molecule has 10 heavy (non-hydrogen) atoms. The van der Waals surface area contributed by atoms with E-state index in [1.165, 1.54) is 25.9 Å². The second kappa shape index (κ2) is 2.64. The van der Waals surface area contributed by atoms with Crippen LogP contribution in [0.5, 0.6) is 0 Å². The minimum Gasteiger partial charge on any atom is -0.328 e. The lowest BCUT2D eigenvalue weighted by molar-refractivity contribution is -0.895. The Balaban J connectivity index is 2.40.